The molecule has 0 radical (unpaired) electrons. The maximum Gasteiger partial charge on any atom is 0.242 e. The Bertz CT molecular complexity index is 401. The summed E-state index contributed by atoms with van der Waals surface area (Å²) in [4.78, 5) is 17.9. The number of nitrogens with two attached hydrogens (primary N) is 1. The molecular formula is C12H18N4O. The molecule has 1 aromatic rings. The van der Waals surface area contributed by atoms with Crippen LogP contribution in [0.1, 0.15) is 25.6 Å². The SMILES string of the molecule is CC1C(=O)NCCN1c1ccc([C@@H](C)N)nc1. The molecule has 1 fully saturated rings. The third kappa shape index (κ3) is 2.39. The molecule has 3 N–H and O–H groups in total. The van der Waals surface area contributed by atoms with E-state index in [1.165, 1.54) is 0 Å². The summed E-state index contributed by atoms with van der Waals surface area (Å²) in [5.41, 5.74) is 7.58. The van der Waals surface area contributed by atoms with E-state index in [1.54, 1.807) is 6.20 Å². The van der Waals surface area contributed by atoms with Crippen molar-refractivity contribution in [1.82, 2.24) is 10.3 Å². The predicted octanol–water partition coefficient (Wildman–Crippen LogP) is 0.426. The maximum absolute atomic E-state index is 11.6. The Hall–Kier alpha value is -1.62. The van der Waals surface area contributed by atoms with Gasteiger partial charge in [0.15, 0.2) is 0 Å². The highest BCUT2D eigenvalue weighted by atomic mass is 16.2. The molecule has 1 aliphatic rings. The lowest BCUT2D eigenvalue weighted by molar-refractivity contribution is -0.122. The minimum absolute atomic E-state index is 0.0625. The van der Waals surface area contributed by atoms with Gasteiger partial charge in [-0.1, -0.05) is 0 Å². The first kappa shape index (κ1) is 11.9. The molecule has 1 saturated heterocycles. The topological polar surface area (TPSA) is 71.2 Å². The predicted molar refractivity (Wildman–Crippen MR) is 66.7 cm³/mol. The van der Waals surface area contributed by atoms with Crippen molar-refractivity contribution >= 4 is 11.6 Å². The first-order valence-electron chi connectivity index (χ1n) is 5.85. The van der Waals surface area contributed by atoms with Crippen molar-refractivity contribution in [2.75, 3.05) is 18.0 Å². The van der Waals surface area contributed by atoms with Gasteiger partial charge in [-0.2, -0.15) is 0 Å². The normalized spacial score (nSPS) is 22.2. The number of carbonyl (C=O) groups excluding carboxylic acids is 1. The van der Waals surface area contributed by atoms with Crippen molar-refractivity contribution in [2.45, 2.75) is 25.9 Å². The van der Waals surface area contributed by atoms with Gasteiger partial charge in [0.2, 0.25) is 5.91 Å². The number of anilines is 1. The van der Waals surface area contributed by atoms with Gasteiger partial charge in [-0.3, -0.25) is 9.78 Å². The number of nitrogens with zero attached hydrogens (tertiary/aromatic N) is 2. The molecule has 92 valence electrons. The Labute approximate surface area is 101 Å². The number of piperazine rings is 1. The maximum atomic E-state index is 11.6. The molecule has 17 heavy (non-hydrogen) atoms. The zero-order chi connectivity index (χ0) is 12.4. The fourth-order valence-corrected chi connectivity index (χ4v) is 1.97. The highest BCUT2D eigenvalue weighted by molar-refractivity contribution is 5.86. The number of rotatable bonds is 2. The van der Waals surface area contributed by atoms with Crippen LogP contribution in [0.3, 0.4) is 0 Å². The van der Waals surface area contributed by atoms with Crippen LogP contribution in [0.25, 0.3) is 0 Å². The molecule has 1 unspecified atom stereocenters. The first-order chi connectivity index (χ1) is 8.09. The van der Waals surface area contributed by atoms with Crippen molar-refractivity contribution in [3.63, 3.8) is 0 Å². The second kappa shape index (κ2) is 4.71. The number of aromatic nitrogens is 1. The van der Waals surface area contributed by atoms with E-state index in [4.69, 9.17) is 5.73 Å². The summed E-state index contributed by atoms with van der Waals surface area (Å²) in [6.07, 6.45) is 1.79. The monoisotopic (exact) mass is 234 g/mol. The summed E-state index contributed by atoms with van der Waals surface area (Å²) < 4.78 is 0. The zero-order valence-corrected chi connectivity index (χ0v) is 10.2. The van der Waals surface area contributed by atoms with Gasteiger partial charge in [0.05, 0.1) is 17.6 Å². The Morgan fingerprint density at radius 3 is 2.94 bits per heavy atom. The van der Waals surface area contributed by atoms with Crippen LogP contribution in [0, 0.1) is 0 Å². The number of hydrogen-bond donors (Lipinski definition) is 2. The minimum Gasteiger partial charge on any atom is -0.357 e. The van der Waals surface area contributed by atoms with Gasteiger partial charge in [0, 0.05) is 19.1 Å². The molecule has 1 aliphatic heterocycles. The Morgan fingerprint density at radius 1 is 1.59 bits per heavy atom. The molecule has 0 saturated carbocycles. The molecule has 5 nitrogen and oxygen atoms in total. The van der Waals surface area contributed by atoms with Crippen LogP contribution < -0.4 is 16.0 Å². The van der Waals surface area contributed by atoms with Gasteiger partial charge >= 0.3 is 0 Å². The van der Waals surface area contributed by atoms with Crippen LogP contribution in [0.4, 0.5) is 5.69 Å². The molecule has 1 aromatic heterocycles. The molecule has 2 heterocycles. The van der Waals surface area contributed by atoms with E-state index in [1.807, 2.05) is 26.0 Å². The van der Waals surface area contributed by atoms with Crippen molar-refractivity contribution in [2.24, 2.45) is 5.73 Å². The highest BCUT2D eigenvalue weighted by Crippen LogP contribution is 2.19. The number of pyridine rings is 1. The zero-order valence-electron chi connectivity index (χ0n) is 10.2. The largest absolute Gasteiger partial charge is 0.357 e. The summed E-state index contributed by atoms with van der Waals surface area (Å²) in [6.45, 7) is 5.29. The van der Waals surface area contributed by atoms with Crippen molar-refractivity contribution in [3.8, 4) is 0 Å². The molecule has 2 atom stereocenters. The number of carbonyl (C=O) groups is 1. The molecule has 0 aromatic carbocycles. The van der Waals surface area contributed by atoms with Crippen LogP contribution >= 0.6 is 0 Å². The second-order valence-electron chi connectivity index (χ2n) is 4.39. The molecule has 1 amide bonds. The summed E-state index contributed by atoms with van der Waals surface area (Å²) in [5, 5.41) is 2.84. The third-order valence-electron chi connectivity index (χ3n) is 3.07. The lowest BCUT2D eigenvalue weighted by Gasteiger charge is -2.34. The number of amides is 1. The lowest BCUT2D eigenvalue weighted by atomic mass is 10.1. The van der Waals surface area contributed by atoms with Crippen LogP contribution in [-0.4, -0.2) is 30.0 Å². The van der Waals surface area contributed by atoms with E-state index < -0.39 is 0 Å². The van der Waals surface area contributed by atoms with E-state index in [0.29, 0.717) is 6.54 Å². The average Bonchev–Trinajstić information content (AvgIpc) is 2.33. The Balaban J connectivity index is 2.19. The number of hydrogen-bond acceptors (Lipinski definition) is 4. The van der Waals surface area contributed by atoms with Crippen molar-refractivity contribution in [1.29, 1.82) is 0 Å². The average molecular weight is 234 g/mol. The van der Waals surface area contributed by atoms with Gasteiger partial charge in [-0.05, 0) is 26.0 Å². The summed E-state index contributed by atoms with van der Waals surface area (Å²) in [6, 6.07) is 3.68. The molecule has 0 spiro atoms. The van der Waals surface area contributed by atoms with Crippen molar-refractivity contribution < 1.29 is 4.79 Å². The van der Waals surface area contributed by atoms with E-state index in [9.17, 15) is 4.79 Å². The molecule has 0 bridgehead atoms. The molecule has 0 aliphatic carbocycles. The van der Waals surface area contributed by atoms with Crippen LogP contribution in [0.15, 0.2) is 18.3 Å². The van der Waals surface area contributed by atoms with E-state index in [-0.39, 0.29) is 18.0 Å². The first-order valence-corrected chi connectivity index (χ1v) is 5.85. The molecule has 2 rings (SSSR count). The van der Waals surface area contributed by atoms with Crippen LogP contribution in [-0.2, 0) is 4.79 Å². The summed E-state index contributed by atoms with van der Waals surface area (Å²) >= 11 is 0. The number of nitrogens with one attached hydrogen (secondary N) is 1. The standard InChI is InChI=1S/C12H18N4O/c1-8(13)11-4-3-10(7-15-11)16-6-5-14-12(17)9(16)2/h3-4,7-9H,5-6,13H2,1-2H3,(H,14,17)/t8-,9?/m1/s1. The van der Waals surface area contributed by atoms with Gasteiger partial charge in [-0.25, -0.2) is 0 Å². The second-order valence-corrected chi connectivity index (χ2v) is 4.39. The molecular weight excluding hydrogens is 216 g/mol. The van der Waals surface area contributed by atoms with Gasteiger partial charge in [0.1, 0.15) is 6.04 Å². The lowest BCUT2D eigenvalue weighted by Crippen LogP contribution is -2.54. The fraction of sp³-hybridized carbons (Fsp3) is 0.500. The molecule has 5 heteroatoms. The fourth-order valence-electron chi connectivity index (χ4n) is 1.97. The van der Waals surface area contributed by atoms with E-state index >= 15 is 0 Å². The van der Waals surface area contributed by atoms with Gasteiger partial charge in [0.25, 0.3) is 0 Å². The third-order valence-corrected chi connectivity index (χ3v) is 3.07. The summed E-state index contributed by atoms with van der Waals surface area (Å²) in [7, 11) is 0. The van der Waals surface area contributed by atoms with E-state index in [0.717, 1.165) is 17.9 Å². The smallest absolute Gasteiger partial charge is 0.242 e. The highest BCUT2D eigenvalue weighted by Gasteiger charge is 2.25. The van der Waals surface area contributed by atoms with Crippen LogP contribution in [0.5, 0.6) is 0 Å². The van der Waals surface area contributed by atoms with E-state index in [2.05, 4.69) is 15.2 Å². The summed E-state index contributed by atoms with van der Waals surface area (Å²) in [5.74, 6) is 0.0625. The van der Waals surface area contributed by atoms with Gasteiger partial charge in [-0.15, -0.1) is 0 Å². The minimum atomic E-state index is -0.147. The Morgan fingerprint density at radius 2 is 2.35 bits per heavy atom. The van der Waals surface area contributed by atoms with Gasteiger partial charge < -0.3 is 16.0 Å². The Kier molecular flexibility index (Phi) is 3.28. The van der Waals surface area contributed by atoms with Crippen molar-refractivity contribution in [3.05, 3.63) is 24.0 Å². The van der Waals surface area contributed by atoms with Crippen LogP contribution in [0.2, 0.25) is 0 Å². The quantitative estimate of drug-likeness (QED) is 0.778.